The number of rotatable bonds is 3. The van der Waals surface area contributed by atoms with E-state index in [9.17, 15) is 4.39 Å². The van der Waals surface area contributed by atoms with Gasteiger partial charge in [0.25, 0.3) is 0 Å². The molecule has 0 bridgehead atoms. The molecule has 0 fully saturated rings. The van der Waals surface area contributed by atoms with E-state index in [1.165, 1.54) is 19.3 Å². The summed E-state index contributed by atoms with van der Waals surface area (Å²) < 4.78 is 21.1. The Kier molecular flexibility index (Phi) is 4.45. The summed E-state index contributed by atoms with van der Waals surface area (Å²) in [5.74, 6) is 0.709. The lowest BCUT2D eigenvalue weighted by Crippen LogP contribution is -3.61. The molecule has 0 spiro atoms. The number of halogens is 2. The Bertz CT molecular complexity index is 526. The van der Waals surface area contributed by atoms with E-state index in [-0.39, 0.29) is 32.6 Å². The molecule has 0 saturated heterocycles. The lowest BCUT2D eigenvalue weighted by atomic mass is 10.2. The van der Waals surface area contributed by atoms with Gasteiger partial charge in [-0.3, -0.25) is 0 Å². The Morgan fingerprint density at radius 3 is 1.79 bits per heavy atom. The summed E-state index contributed by atoms with van der Waals surface area (Å²) in [6.45, 7) is 6.10. The zero-order chi connectivity index (χ0) is 13.9. The maximum Gasteiger partial charge on any atom is 0.357 e. The Morgan fingerprint density at radius 1 is 0.842 bits per heavy atom. The van der Waals surface area contributed by atoms with Crippen molar-refractivity contribution in [2.45, 2.75) is 26.4 Å². The van der Waals surface area contributed by atoms with Crippen LogP contribution in [0.5, 0.6) is 5.75 Å². The molecule has 0 aliphatic carbocycles. The Morgan fingerprint density at radius 2 is 1.32 bits per heavy atom. The van der Waals surface area contributed by atoms with Crippen LogP contribution in [0.4, 0.5) is 4.39 Å². The predicted octanol–water partition coefficient (Wildman–Crippen LogP) is 1.13. The second-order valence-electron chi connectivity index (χ2n) is 5.20. The smallest absolute Gasteiger partial charge is 0.357 e. The van der Waals surface area contributed by atoms with Crippen LogP contribution in [0.3, 0.4) is 0 Å². The van der Waals surface area contributed by atoms with Crippen molar-refractivity contribution in [2.24, 2.45) is 0 Å². The summed E-state index contributed by atoms with van der Waals surface area (Å²) in [5, 5.41) is 0. The van der Waals surface area contributed by atoms with Crippen LogP contribution in [0, 0.1) is 13.0 Å². The highest BCUT2D eigenvalue weighted by molar-refractivity contribution is 5.21. The largest absolute Gasteiger partial charge is 0.488 e. The van der Waals surface area contributed by atoms with Crippen LogP contribution in [0.2, 0.25) is 0 Å². The molecule has 0 atom stereocenters. The standard InChI is InChI=1S/C16H17FIO/c1-16(2,3)19-15-10-8-14(9-11-15)18-13-6-4-12(17)5-7-13/h4-11H,1-3H3/q+1. The van der Waals surface area contributed by atoms with E-state index >= 15 is 0 Å². The third-order valence-corrected chi connectivity index (χ3v) is 4.94. The Labute approximate surface area is 124 Å². The highest BCUT2D eigenvalue weighted by Gasteiger charge is 2.16. The first-order chi connectivity index (χ1) is 8.92. The molecule has 2 aromatic rings. The summed E-state index contributed by atoms with van der Waals surface area (Å²) in [7, 11) is 0. The third kappa shape index (κ3) is 4.82. The van der Waals surface area contributed by atoms with Crippen LogP contribution in [0.1, 0.15) is 20.8 Å². The minimum Gasteiger partial charge on any atom is -0.488 e. The van der Waals surface area contributed by atoms with Gasteiger partial charge in [-0.15, -0.1) is 0 Å². The van der Waals surface area contributed by atoms with Gasteiger partial charge >= 0.3 is 21.2 Å². The van der Waals surface area contributed by atoms with Gasteiger partial charge in [0.2, 0.25) is 0 Å². The SMILES string of the molecule is CC(C)(C)Oc1ccc([I+]c2ccc(F)cc2)cc1. The van der Waals surface area contributed by atoms with Crippen molar-refractivity contribution in [1.82, 2.24) is 0 Å². The molecule has 19 heavy (non-hydrogen) atoms. The van der Waals surface area contributed by atoms with Crippen LogP contribution < -0.4 is 25.9 Å². The average Bonchev–Trinajstić information content (AvgIpc) is 2.33. The zero-order valence-corrected chi connectivity index (χ0v) is 13.4. The van der Waals surface area contributed by atoms with Crippen molar-refractivity contribution in [3.8, 4) is 5.75 Å². The van der Waals surface area contributed by atoms with Crippen molar-refractivity contribution in [1.29, 1.82) is 0 Å². The van der Waals surface area contributed by atoms with E-state index in [1.807, 2.05) is 45.0 Å². The van der Waals surface area contributed by atoms with Crippen molar-refractivity contribution < 1.29 is 30.3 Å². The minimum absolute atomic E-state index is 0.173. The predicted molar refractivity (Wildman–Crippen MR) is 70.6 cm³/mol. The summed E-state index contributed by atoms with van der Waals surface area (Å²) >= 11 is -0.253. The molecule has 0 aliphatic rings. The first-order valence-corrected chi connectivity index (χ1v) is 8.28. The molecule has 0 saturated carbocycles. The molecule has 0 aliphatic heterocycles. The first kappa shape index (κ1) is 14.3. The van der Waals surface area contributed by atoms with E-state index in [1.54, 1.807) is 0 Å². The molecule has 2 aromatic carbocycles. The summed E-state index contributed by atoms with van der Waals surface area (Å²) in [5.41, 5.74) is -0.173. The maximum absolute atomic E-state index is 12.8. The molecule has 0 amide bonds. The number of hydrogen-bond acceptors (Lipinski definition) is 1. The lowest BCUT2D eigenvalue weighted by molar-refractivity contribution is -0.597. The summed E-state index contributed by atoms with van der Waals surface area (Å²) in [4.78, 5) is 0. The molecular formula is C16H17FIO+. The normalized spacial score (nSPS) is 11.4. The van der Waals surface area contributed by atoms with E-state index < -0.39 is 0 Å². The quantitative estimate of drug-likeness (QED) is 0.736. The highest BCUT2D eigenvalue weighted by atomic mass is 127. The van der Waals surface area contributed by atoms with Crippen LogP contribution in [-0.4, -0.2) is 5.60 Å². The monoisotopic (exact) mass is 371 g/mol. The summed E-state index contributed by atoms with van der Waals surface area (Å²) in [6, 6.07) is 15.0. The zero-order valence-electron chi connectivity index (χ0n) is 11.3. The van der Waals surface area contributed by atoms with Gasteiger partial charge in [-0.2, -0.15) is 0 Å². The fraction of sp³-hybridized carbons (Fsp3) is 0.250. The van der Waals surface area contributed by atoms with Crippen molar-refractivity contribution in [3.63, 3.8) is 0 Å². The highest BCUT2D eigenvalue weighted by Crippen LogP contribution is 2.16. The molecule has 3 heteroatoms. The third-order valence-electron chi connectivity index (χ3n) is 2.26. The summed E-state index contributed by atoms with van der Waals surface area (Å²) in [6.07, 6.45) is 0. The second-order valence-corrected chi connectivity index (χ2v) is 8.23. The molecule has 2 rings (SSSR count). The molecule has 1 nitrogen and oxygen atoms in total. The fourth-order valence-electron chi connectivity index (χ4n) is 1.54. The molecule has 0 radical (unpaired) electrons. The molecule has 0 unspecified atom stereocenters. The van der Waals surface area contributed by atoms with Gasteiger partial charge in [0.15, 0.2) is 7.14 Å². The van der Waals surface area contributed by atoms with Crippen LogP contribution >= 0.6 is 0 Å². The van der Waals surface area contributed by atoms with Gasteiger partial charge in [0, 0.05) is 0 Å². The molecule has 0 N–H and O–H groups in total. The molecule has 100 valence electrons. The molecule has 0 aromatic heterocycles. The lowest BCUT2D eigenvalue weighted by Gasteiger charge is -2.20. The van der Waals surface area contributed by atoms with E-state index in [2.05, 4.69) is 12.1 Å². The van der Waals surface area contributed by atoms with Gasteiger partial charge in [-0.1, -0.05) is 0 Å². The number of ether oxygens (including phenoxy) is 1. The molecule has 0 heterocycles. The van der Waals surface area contributed by atoms with Crippen LogP contribution in [0.15, 0.2) is 48.5 Å². The molecular weight excluding hydrogens is 354 g/mol. The van der Waals surface area contributed by atoms with E-state index in [4.69, 9.17) is 4.74 Å². The van der Waals surface area contributed by atoms with E-state index in [0.717, 1.165) is 5.75 Å². The van der Waals surface area contributed by atoms with E-state index in [0.29, 0.717) is 0 Å². The maximum atomic E-state index is 12.8. The van der Waals surface area contributed by atoms with Crippen molar-refractivity contribution >= 4 is 0 Å². The second kappa shape index (κ2) is 5.90. The topological polar surface area (TPSA) is 9.23 Å². The number of hydrogen-bond donors (Lipinski definition) is 0. The van der Waals surface area contributed by atoms with Crippen LogP contribution in [-0.2, 0) is 0 Å². The van der Waals surface area contributed by atoms with Crippen LogP contribution in [0.25, 0.3) is 0 Å². The van der Waals surface area contributed by atoms with Crippen molar-refractivity contribution in [2.75, 3.05) is 0 Å². The Hall–Kier alpha value is -1.10. The van der Waals surface area contributed by atoms with Crippen molar-refractivity contribution in [3.05, 3.63) is 61.5 Å². The van der Waals surface area contributed by atoms with Gasteiger partial charge in [0.05, 0.1) is 0 Å². The Balaban J connectivity index is 2.04. The van der Waals surface area contributed by atoms with Gasteiger partial charge in [-0.25, -0.2) is 4.39 Å². The van der Waals surface area contributed by atoms with Gasteiger partial charge in [-0.05, 0) is 69.3 Å². The van der Waals surface area contributed by atoms with Gasteiger partial charge in [0.1, 0.15) is 17.2 Å². The minimum atomic E-state index is -0.253. The fourth-order valence-corrected chi connectivity index (χ4v) is 3.70. The van der Waals surface area contributed by atoms with Gasteiger partial charge < -0.3 is 4.74 Å². The number of benzene rings is 2. The first-order valence-electron chi connectivity index (χ1n) is 6.12. The average molecular weight is 371 g/mol.